The highest BCUT2D eigenvalue weighted by Crippen LogP contribution is 2.27. The van der Waals surface area contributed by atoms with Crippen LogP contribution in [0.25, 0.3) is 0 Å². The van der Waals surface area contributed by atoms with E-state index in [9.17, 15) is 12.8 Å². The molecule has 9 heteroatoms. The van der Waals surface area contributed by atoms with E-state index >= 15 is 0 Å². The van der Waals surface area contributed by atoms with Gasteiger partial charge in [0.05, 0.1) is 4.90 Å². The molecule has 0 fully saturated rings. The zero-order valence-electron chi connectivity index (χ0n) is 13.7. The molecule has 3 N–H and O–H groups in total. The summed E-state index contributed by atoms with van der Waals surface area (Å²) in [5.41, 5.74) is 5.81. The Morgan fingerprint density at radius 2 is 1.88 bits per heavy atom. The third-order valence-corrected chi connectivity index (χ3v) is 4.43. The van der Waals surface area contributed by atoms with Gasteiger partial charge in [-0.3, -0.25) is 0 Å². The summed E-state index contributed by atoms with van der Waals surface area (Å²) < 4.78 is 42.2. The summed E-state index contributed by atoms with van der Waals surface area (Å²) in [4.78, 5) is 8.27. The maximum absolute atomic E-state index is 13.8. The first-order valence-electron chi connectivity index (χ1n) is 7.43. The number of anilines is 3. The van der Waals surface area contributed by atoms with Crippen molar-refractivity contribution < 1.29 is 17.5 Å². The van der Waals surface area contributed by atoms with Crippen LogP contribution < -0.4 is 15.8 Å². The highest BCUT2D eigenvalue weighted by molar-refractivity contribution is 7.90. The van der Waals surface area contributed by atoms with Crippen LogP contribution in [-0.4, -0.2) is 24.6 Å². The zero-order chi connectivity index (χ0) is 18.7. The number of hydrogen-bond acceptors (Lipinski definition) is 7. The molecule has 0 aliphatic heterocycles. The van der Waals surface area contributed by atoms with Gasteiger partial charge in [-0.25, -0.2) is 22.8 Å². The summed E-state index contributed by atoms with van der Waals surface area (Å²) in [7, 11) is -3.31. The lowest BCUT2D eigenvalue weighted by molar-refractivity contribution is 0.442. The van der Waals surface area contributed by atoms with E-state index in [0.29, 0.717) is 23.1 Å². The van der Waals surface area contributed by atoms with Crippen molar-refractivity contribution in [1.29, 1.82) is 0 Å². The van der Waals surface area contributed by atoms with Gasteiger partial charge < -0.3 is 15.8 Å². The lowest BCUT2D eigenvalue weighted by atomic mass is 10.3. The van der Waals surface area contributed by atoms with Crippen LogP contribution in [0, 0.1) is 5.82 Å². The molecule has 0 saturated carbocycles. The van der Waals surface area contributed by atoms with Crippen LogP contribution in [0.5, 0.6) is 11.5 Å². The molecule has 3 aromatic rings. The van der Waals surface area contributed by atoms with E-state index < -0.39 is 15.7 Å². The van der Waals surface area contributed by atoms with Gasteiger partial charge in [-0.05, 0) is 30.3 Å². The molecule has 3 rings (SSSR count). The average Bonchev–Trinajstić information content (AvgIpc) is 2.57. The molecule has 7 nitrogen and oxygen atoms in total. The number of nitrogens with two attached hydrogens (primary N) is 1. The highest BCUT2D eigenvalue weighted by Gasteiger charge is 2.09. The van der Waals surface area contributed by atoms with Crippen molar-refractivity contribution in [2.24, 2.45) is 0 Å². The third-order valence-electron chi connectivity index (χ3n) is 3.34. The Morgan fingerprint density at radius 3 is 2.54 bits per heavy atom. The van der Waals surface area contributed by atoms with Gasteiger partial charge in [0.25, 0.3) is 0 Å². The maximum Gasteiger partial charge on any atom is 0.177 e. The second-order valence-electron chi connectivity index (χ2n) is 5.45. The number of nitrogens with zero attached hydrogens (tertiary/aromatic N) is 2. The van der Waals surface area contributed by atoms with E-state index in [-0.39, 0.29) is 10.6 Å². The lowest BCUT2D eigenvalue weighted by Crippen LogP contribution is -2.00. The Hall–Kier alpha value is -3.20. The van der Waals surface area contributed by atoms with Gasteiger partial charge in [0.15, 0.2) is 21.4 Å². The van der Waals surface area contributed by atoms with Crippen LogP contribution in [0.4, 0.5) is 21.7 Å². The number of rotatable bonds is 5. The maximum atomic E-state index is 13.8. The molecule has 0 bridgehead atoms. The molecule has 2 heterocycles. The number of nitrogens with one attached hydrogen (secondary N) is 1. The van der Waals surface area contributed by atoms with Gasteiger partial charge in [-0.2, -0.15) is 0 Å². The summed E-state index contributed by atoms with van der Waals surface area (Å²) in [6.45, 7) is 0. The van der Waals surface area contributed by atoms with Gasteiger partial charge in [-0.15, -0.1) is 0 Å². The van der Waals surface area contributed by atoms with Gasteiger partial charge >= 0.3 is 0 Å². The van der Waals surface area contributed by atoms with Crippen molar-refractivity contribution >= 4 is 27.2 Å². The minimum Gasteiger partial charge on any atom is -0.454 e. The summed E-state index contributed by atoms with van der Waals surface area (Å²) in [5.74, 6) is 0.624. The summed E-state index contributed by atoms with van der Waals surface area (Å²) >= 11 is 0. The summed E-state index contributed by atoms with van der Waals surface area (Å²) in [6.07, 6.45) is 3.84. The molecular weight excluding hydrogens is 359 g/mol. The number of benzene rings is 1. The van der Waals surface area contributed by atoms with Crippen LogP contribution >= 0.6 is 0 Å². The highest BCUT2D eigenvalue weighted by atomic mass is 32.2. The SMILES string of the molecule is CS(=O)(=O)c1ccc(Nc2cc(Oc3ccc(N)cc3F)ccn2)nc1. The molecule has 2 aromatic heterocycles. The number of hydrogen-bond donors (Lipinski definition) is 2. The second kappa shape index (κ2) is 6.96. The Kier molecular flexibility index (Phi) is 4.72. The van der Waals surface area contributed by atoms with E-state index in [4.69, 9.17) is 10.5 Å². The van der Waals surface area contributed by atoms with Crippen molar-refractivity contribution in [3.05, 3.63) is 60.7 Å². The fraction of sp³-hybridized carbons (Fsp3) is 0.0588. The van der Waals surface area contributed by atoms with E-state index in [2.05, 4.69) is 15.3 Å². The standard InChI is InChI=1S/C17H15FN4O3S/c1-26(23,24)13-3-5-16(21-10-13)22-17-9-12(6-7-20-17)25-15-4-2-11(19)8-14(15)18/h2-10H,19H2,1H3,(H,20,21,22). The van der Waals surface area contributed by atoms with Crippen molar-refractivity contribution in [3.63, 3.8) is 0 Å². The normalized spacial score (nSPS) is 11.2. The third kappa shape index (κ3) is 4.25. The minimum atomic E-state index is -3.31. The Balaban J connectivity index is 1.77. The number of ether oxygens (including phenoxy) is 1. The molecule has 0 amide bonds. The van der Waals surface area contributed by atoms with Crippen molar-refractivity contribution in [2.75, 3.05) is 17.3 Å². The van der Waals surface area contributed by atoms with E-state index in [1.165, 1.54) is 42.7 Å². The largest absolute Gasteiger partial charge is 0.454 e. The molecule has 0 saturated heterocycles. The molecule has 26 heavy (non-hydrogen) atoms. The van der Waals surface area contributed by atoms with E-state index in [1.54, 1.807) is 12.1 Å². The Bertz CT molecular complexity index is 1040. The van der Waals surface area contributed by atoms with Gasteiger partial charge in [0.1, 0.15) is 17.4 Å². The number of pyridine rings is 2. The predicted molar refractivity (Wildman–Crippen MR) is 95.8 cm³/mol. The first-order chi connectivity index (χ1) is 12.3. The van der Waals surface area contributed by atoms with E-state index in [0.717, 1.165) is 6.26 Å². The molecule has 134 valence electrons. The second-order valence-corrected chi connectivity index (χ2v) is 7.46. The van der Waals surface area contributed by atoms with Gasteiger partial charge in [-0.1, -0.05) is 0 Å². The van der Waals surface area contributed by atoms with Gasteiger partial charge in [0.2, 0.25) is 0 Å². The summed E-state index contributed by atoms with van der Waals surface area (Å²) in [5, 5.41) is 2.92. The first-order valence-corrected chi connectivity index (χ1v) is 9.32. The molecule has 0 aliphatic rings. The van der Waals surface area contributed by atoms with Crippen LogP contribution in [-0.2, 0) is 9.84 Å². The first kappa shape index (κ1) is 17.6. The number of aromatic nitrogens is 2. The molecule has 0 radical (unpaired) electrons. The van der Waals surface area contributed by atoms with Gasteiger partial charge in [0, 0.05) is 36.5 Å². The lowest BCUT2D eigenvalue weighted by Gasteiger charge is -2.09. The minimum absolute atomic E-state index is 0.0342. The molecule has 0 unspecified atom stereocenters. The monoisotopic (exact) mass is 374 g/mol. The number of halogens is 1. The molecule has 0 spiro atoms. The van der Waals surface area contributed by atoms with Crippen molar-refractivity contribution in [1.82, 2.24) is 9.97 Å². The van der Waals surface area contributed by atoms with Crippen LogP contribution in [0.15, 0.2) is 59.8 Å². The molecular formula is C17H15FN4O3S. The summed E-state index contributed by atoms with van der Waals surface area (Å²) in [6, 6.07) is 10.2. The Labute approximate surface area is 149 Å². The quantitative estimate of drug-likeness (QED) is 0.661. The van der Waals surface area contributed by atoms with E-state index in [1.807, 2.05) is 0 Å². The van der Waals surface area contributed by atoms with Crippen LogP contribution in [0.1, 0.15) is 0 Å². The predicted octanol–water partition coefficient (Wildman–Crippen LogP) is 3.14. The van der Waals surface area contributed by atoms with Crippen LogP contribution in [0.3, 0.4) is 0 Å². The van der Waals surface area contributed by atoms with Crippen LogP contribution in [0.2, 0.25) is 0 Å². The van der Waals surface area contributed by atoms with Crippen molar-refractivity contribution in [2.45, 2.75) is 4.90 Å². The number of sulfone groups is 1. The Morgan fingerprint density at radius 1 is 1.08 bits per heavy atom. The molecule has 0 aliphatic carbocycles. The smallest absolute Gasteiger partial charge is 0.177 e. The number of nitrogen functional groups attached to an aromatic ring is 1. The van der Waals surface area contributed by atoms with Crippen molar-refractivity contribution in [3.8, 4) is 11.5 Å². The fourth-order valence-corrected chi connectivity index (χ4v) is 2.63. The fourth-order valence-electron chi connectivity index (χ4n) is 2.07. The topological polar surface area (TPSA) is 107 Å². The zero-order valence-corrected chi connectivity index (χ0v) is 14.5. The molecule has 1 aromatic carbocycles. The molecule has 0 atom stereocenters. The average molecular weight is 374 g/mol.